The van der Waals surface area contributed by atoms with Crippen LogP contribution in [0.25, 0.3) is 0 Å². The molecule has 0 saturated carbocycles. The number of rotatable bonds is 1. The van der Waals surface area contributed by atoms with E-state index in [1.807, 2.05) is 13.8 Å². The zero-order valence-corrected chi connectivity index (χ0v) is 6.98. The predicted octanol–water partition coefficient (Wildman–Crippen LogP) is 3.32. The average molecular weight is 173 g/mol. The molecule has 0 atom stereocenters. The van der Waals surface area contributed by atoms with Gasteiger partial charge in [0.25, 0.3) is 0 Å². The molecule has 0 fully saturated rings. The SMILES string of the molecule is CC(C)=C(Cl)C(Cl)Cl. The van der Waals surface area contributed by atoms with Gasteiger partial charge < -0.3 is 0 Å². The fraction of sp³-hybridized carbons (Fsp3) is 0.600. The largest absolute Gasteiger partial charge is 0.143 e. The van der Waals surface area contributed by atoms with Gasteiger partial charge in [-0.25, -0.2) is 0 Å². The molecule has 3 heteroatoms. The molecule has 0 radical (unpaired) electrons. The van der Waals surface area contributed by atoms with Gasteiger partial charge in [0.05, 0.1) is 0 Å². The number of allylic oxidation sites excluding steroid dienone is 2. The summed E-state index contributed by atoms with van der Waals surface area (Å²) < 4.78 is 0. The van der Waals surface area contributed by atoms with Crippen LogP contribution in [0.2, 0.25) is 0 Å². The average Bonchev–Trinajstić information content (AvgIpc) is 1.64. The van der Waals surface area contributed by atoms with Crippen molar-refractivity contribution in [3.8, 4) is 0 Å². The fourth-order valence-corrected chi connectivity index (χ4v) is 0.655. The molecule has 0 nitrogen and oxygen atoms in total. The summed E-state index contributed by atoms with van der Waals surface area (Å²) >= 11 is 16.4. The molecule has 0 aliphatic heterocycles. The highest BCUT2D eigenvalue weighted by atomic mass is 35.5. The Hall–Kier alpha value is 0.610. The maximum Gasteiger partial charge on any atom is 0.143 e. The van der Waals surface area contributed by atoms with Crippen LogP contribution < -0.4 is 0 Å². The third kappa shape index (κ3) is 2.81. The smallest absolute Gasteiger partial charge is 0.0991 e. The van der Waals surface area contributed by atoms with Gasteiger partial charge in [0.1, 0.15) is 4.84 Å². The van der Waals surface area contributed by atoms with Gasteiger partial charge in [-0.3, -0.25) is 0 Å². The molecule has 0 spiro atoms. The van der Waals surface area contributed by atoms with Crippen molar-refractivity contribution < 1.29 is 0 Å². The van der Waals surface area contributed by atoms with Crippen LogP contribution >= 0.6 is 34.8 Å². The predicted molar refractivity (Wildman–Crippen MR) is 39.7 cm³/mol. The second-order valence-electron chi connectivity index (χ2n) is 1.65. The van der Waals surface area contributed by atoms with Crippen molar-refractivity contribution >= 4 is 34.8 Å². The van der Waals surface area contributed by atoms with E-state index in [0.29, 0.717) is 5.03 Å². The van der Waals surface area contributed by atoms with Gasteiger partial charge in [0.2, 0.25) is 0 Å². The van der Waals surface area contributed by atoms with Crippen molar-refractivity contribution in [3.05, 3.63) is 10.6 Å². The molecule has 0 heterocycles. The second-order valence-corrected chi connectivity index (χ2v) is 3.15. The zero-order chi connectivity index (χ0) is 6.73. The lowest BCUT2D eigenvalue weighted by Crippen LogP contribution is -1.86. The molecule has 0 aromatic rings. The minimum absolute atomic E-state index is 0.522. The van der Waals surface area contributed by atoms with Gasteiger partial charge in [-0.05, 0) is 13.8 Å². The van der Waals surface area contributed by atoms with E-state index < -0.39 is 4.84 Å². The van der Waals surface area contributed by atoms with Crippen LogP contribution in [0.5, 0.6) is 0 Å². The lowest BCUT2D eigenvalue weighted by atomic mass is 10.3. The van der Waals surface area contributed by atoms with Gasteiger partial charge in [0.15, 0.2) is 0 Å². The number of alkyl halides is 2. The van der Waals surface area contributed by atoms with Gasteiger partial charge in [-0.1, -0.05) is 40.4 Å². The molecule has 48 valence electrons. The number of hydrogen-bond acceptors (Lipinski definition) is 0. The van der Waals surface area contributed by atoms with Crippen LogP contribution in [0.15, 0.2) is 10.6 Å². The molecule has 0 saturated heterocycles. The van der Waals surface area contributed by atoms with Gasteiger partial charge in [-0.15, -0.1) is 0 Å². The molecule has 0 aromatic carbocycles. The van der Waals surface area contributed by atoms with E-state index in [0.717, 1.165) is 5.57 Å². The van der Waals surface area contributed by atoms with Gasteiger partial charge in [-0.2, -0.15) is 0 Å². The molecular weight excluding hydrogens is 166 g/mol. The molecule has 0 aliphatic carbocycles. The van der Waals surface area contributed by atoms with E-state index in [1.165, 1.54) is 0 Å². The van der Waals surface area contributed by atoms with Crippen molar-refractivity contribution in [2.24, 2.45) is 0 Å². The lowest BCUT2D eigenvalue weighted by Gasteiger charge is -1.98. The highest BCUT2D eigenvalue weighted by Gasteiger charge is 2.03. The van der Waals surface area contributed by atoms with Crippen molar-refractivity contribution in [3.63, 3.8) is 0 Å². The van der Waals surface area contributed by atoms with Crippen LogP contribution in [-0.4, -0.2) is 4.84 Å². The van der Waals surface area contributed by atoms with Crippen LogP contribution in [0.3, 0.4) is 0 Å². The third-order valence-corrected chi connectivity index (χ3v) is 1.93. The fourth-order valence-electron chi connectivity index (χ4n) is 0.218. The monoisotopic (exact) mass is 172 g/mol. The highest BCUT2D eigenvalue weighted by molar-refractivity contribution is 6.52. The molecule has 0 aromatic heterocycles. The first-order valence-electron chi connectivity index (χ1n) is 2.16. The minimum Gasteiger partial charge on any atom is -0.0991 e. The number of hydrogen-bond donors (Lipinski definition) is 0. The maximum absolute atomic E-state index is 5.57. The first-order chi connectivity index (χ1) is 3.55. The molecule has 8 heavy (non-hydrogen) atoms. The van der Waals surface area contributed by atoms with Crippen LogP contribution in [0.1, 0.15) is 13.8 Å². The van der Waals surface area contributed by atoms with Crippen molar-refractivity contribution in [2.45, 2.75) is 18.7 Å². The lowest BCUT2D eigenvalue weighted by molar-refractivity contribution is 1.31. The van der Waals surface area contributed by atoms with Crippen LogP contribution in [0, 0.1) is 0 Å². The third-order valence-electron chi connectivity index (χ3n) is 0.669. The first-order valence-corrected chi connectivity index (χ1v) is 3.41. The van der Waals surface area contributed by atoms with Crippen molar-refractivity contribution in [2.75, 3.05) is 0 Å². The summed E-state index contributed by atoms with van der Waals surface area (Å²) in [6, 6.07) is 0. The van der Waals surface area contributed by atoms with E-state index in [-0.39, 0.29) is 0 Å². The summed E-state index contributed by atoms with van der Waals surface area (Å²) in [5.74, 6) is 0. The molecule has 0 rings (SSSR count). The van der Waals surface area contributed by atoms with Gasteiger partial charge >= 0.3 is 0 Å². The van der Waals surface area contributed by atoms with E-state index in [1.54, 1.807) is 0 Å². The normalized spacial score (nSPS) is 9.75. The maximum atomic E-state index is 5.57. The Kier molecular flexibility index (Phi) is 3.87. The molecule has 0 amide bonds. The summed E-state index contributed by atoms with van der Waals surface area (Å²) in [5, 5.41) is 0.522. The molecule has 0 bridgehead atoms. The summed E-state index contributed by atoms with van der Waals surface area (Å²) in [4.78, 5) is -0.568. The molecule has 0 N–H and O–H groups in total. The quantitative estimate of drug-likeness (QED) is 0.534. The standard InChI is InChI=1S/C5H7Cl3/c1-3(2)4(6)5(7)8/h5H,1-2H3. The Balaban J connectivity index is 4.00. The van der Waals surface area contributed by atoms with Gasteiger partial charge in [0, 0.05) is 5.03 Å². The minimum atomic E-state index is -0.568. The Labute approximate surface area is 64.4 Å². The van der Waals surface area contributed by atoms with E-state index >= 15 is 0 Å². The Morgan fingerprint density at radius 1 is 1.25 bits per heavy atom. The van der Waals surface area contributed by atoms with Crippen LogP contribution in [-0.2, 0) is 0 Å². The molecule has 0 aliphatic rings. The second kappa shape index (κ2) is 3.60. The van der Waals surface area contributed by atoms with E-state index in [9.17, 15) is 0 Å². The molecule has 0 unspecified atom stereocenters. The Morgan fingerprint density at radius 2 is 1.62 bits per heavy atom. The highest BCUT2D eigenvalue weighted by Crippen LogP contribution is 2.21. The topological polar surface area (TPSA) is 0 Å². The summed E-state index contributed by atoms with van der Waals surface area (Å²) in [6.45, 7) is 3.72. The Morgan fingerprint density at radius 3 is 1.62 bits per heavy atom. The van der Waals surface area contributed by atoms with Crippen LogP contribution in [0.4, 0.5) is 0 Å². The Bertz CT molecular complexity index is 100. The summed E-state index contributed by atoms with van der Waals surface area (Å²) in [5.41, 5.74) is 0.960. The summed E-state index contributed by atoms with van der Waals surface area (Å²) in [7, 11) is 0. The van der Waals surface area contributed by atoms with Crippen molar-refractivity contribution in [1.29, 1.82) is 0 Å². The molecular formula is C5H7Cl3. The number of halogens is 3. The van der Waals surface area contributed by atoms with E-state index in [4.69, 9.17) is 34.8 Å². The zero-order valence-electron chi connectivity index (χ0n) is 4.71. The first kappa shape index (κ1) is 8.61. The van der Waals surface area contributed by atoms with E-state index in [2.05, 4.69) is 0 Å². The van der Waals surface area contributed by atoms with Crippen molar-refractivity contribution in [1.82, 2.24) is 0 Å². The summed E-state index contributed by atoms with van der Waals surface area (Å²) in [6.07, 6.45) is 0.